The molecule has 0 aliphatic heterocycles. The van der Waals surface area contributed by atoms with Crippen LogP contribution in [-0.4, -0.2) is 51.1 Å². The molecule has 176 valence electrons. The predicted molar refractivity (Wildman–Crippen MR) is 120 cm³/mol. The Bertz CT molecular complexity index is 1370. The Hall–Kier alpha value is -4.09. The normalized spacial score (nSPS) is 16.7. The van der Waals surface area contributed by atoms with Crippen LogP contribution in [0.15, 0.2) is 24.4 Å². The van der Waals surface area contributed by atoms with Crippen LogP contribution in [0, 0.1) is 11.7 Å². The Morgan fingerprint density at radius 1 is 1.21 bits per heavy atom. The van der Waals surface area contributed by atoms with Crippen LogP contribution in [0.2, 0.25) is 0 Å². The number of hydrogen-bond acceptors (Lipinski definition) is 8. The average Bonchev–Trinajstić information content (AvgIpc) is 3.77. The lowest BCUT2D eigenvalue weighted by molar-refractivity contribution is -0.117. The van der Waals surface area contributed by atoms with E-state index < -0.39 is 18.7 Å². The molecule has 3 N–H and O–H groups in total. The van der Waals surface area contributed by atoms with Crippen LogP contribution in [0.25, 0.3) is 11.3 Å². The number of rotatable bonds is 8. The van der Waals surface area contributed by atoms with Gasteiger partial charge in [-0.15, -0.1) is 10.2 Å². The van der Waals surface area contributed by atoms with E-state index >= 15 is 0 Å². The summed E-state index contributed by atoms with van der Waals surface area (Å²) < 4.78 is 42.5. The van der Waals surface area contributed by atoms with Gasteiger partial charge in [-0.05, 0) is 37.8 Å². The second kappa shape index (κ2) is 8.69. The van der Waals surface area contributed by atoms with Gasteiger partial charge in [-0.25, -0.2) is 4.39 Å². The zero-order valence-electron chi connectivity index (χ0n) is 21.1. The van der Waals surface area contributed by atoms with Crippen molar-refractivity contribution >= 4 is 29.0 Å². The minimum atomic E-state index is -2.77. The largest absolute Gasteiger partial charge is 0.494 e. The molecule has 0 saturated heterocycles. The molecule has 1 aromatic carbocycles. The van der Waals surface area contributed by atoms with Crippen LogP contribution in [0.5, 0.6) is 5.75 Å². The Kier molecular flexibility index (Phi) is 4.69. The number of carbonyl (C=O) groups is 2. The zero-order valence-corrected chi connectivity index (χ0v) is 18.1. The summed E-state index contributed by atoms with van der Waals surface area (Å²) in [5, 5.41) is 23.7. The van der Waals surface area contributed by atoms with Gasteiger partial charge in [-0.2, -0.15) is 15.0 Å². The molecule has 0 spiro atoms. The first-order valence-corrected chi connectivity index (χ1v) is 10.7. The van der Waals surface area contributed by atoms with Gasteiger partial charge in [0.15, 0.2) is 17.3 Å². The Balaban J connectivity index is 1.52. The van der Waals surface area contributed by atoms with Crippen molar-refractivity contribution in [1.29, 1.82) is 0 Å². The maximum absolute atomic E-state index is 15.0. The molecule has 2 amide bonds. The van der Waals surface area contributed by atoms with Crippen molar-refractivity contribution in [3.05, 3.63) is 35.9 Å². The van der Waals surface area contributed by atoms with E-state index in [1.54, 1.807) is 0 Å². The maximum atomic E-state index is 15.0. The van der Waals surface area contributed by atoms with Crippen LogP contribution < -0.4 is 20.7 Å². The monoisotopic (exact) mass is 469 g/mol. The van der Waals surface area contributed by atoms with Crippen LogP contribution in [0.4, 0.5) is 21.6 Å². The van der Waals surface area contributed by atoms with E-state index in [0.717, 1.165) is 25.7 Å². The number of ether oxygens (including phenoxy) is 1. The number of nitrogens with zero attached hydrogens (tertiary/aromatic N) is 5. The highest BCUT2D eigenvalue weighted by atomic mass is 19.1. The molecule has 0 bridgehead atoms. The van der Waals surface area contributed by atoms with Crippen molar-refractivity contribution in [2.75, 3.05) is 24.7 Å². The zero-order chi connectivity index (χ0) is 26.3. The first kappa shape index (κ1) is 18.3. The van der Waals surface area contributed by atoms with Crippen LogP contribution >= 0.6 is 0 Å². The molecule has 0 atom stereocenters. The third-order valence-electron chi connectivity index (χ3n) is 5.54. The van der Waals surface area contributed by atoms with Gasteiger partial charge >= 0.3 is 0 Å². The summed E-state index contributed by atoms with van der Waals surface area (Å²) in [6.07, 6.45) is 4.88. The minimum absolute atomic E-state index is 0.0142. The van der Waals surface area contributed by atoms with Crippen molar-refractivity contribution in [2.24, 2.45) is 5.92 Å². The van der Waals surface area contributed by atoms with Gasteiger partial charge < -0.3 is 20.7 Å². The Morgan fingerprint density at radius 3 is 2.74 bits per heavy atom. The summed E-state index contributed by atoms with van der Waals surface area (Å²) in [5.41, 5.74) is 0.205. The molecule has 34 heavy (non-hydrogen) atoms. The maximum Gasteiger partial charge on any atom is 0.273 e. The fourth-order valence-corrected chi connectivity index (χ4v) is 3.47. The van der Waals surface area contributed by atoms with Crippen molar-refractivity contribution in [2.45, 2.75) is 31.7 Å². The van der Waals surface area contributed by atoms with Crippen molar-refractivity contribution < 1.29 is 22.8 Å². The summed E-state index contributed by atoms with van der Waals surface area (Å²) in [4.78, 5) is 26.4. The third-order valence-corrected chi connectivity index (χ3v) is 5.54. The summed E-state index contributed by atoms with van der Waals surface area (Å²) in [6, 6.07) is 4.11. The van der Waals surface area contributed by atoms with Crippen LogP contribution in [0.1, 0.15) is 46.3 Å². The molecular weight excluding hydrogens is 443 g/mol. The number of hydrogen-bond donors (Lipinski definition) is 3. The molecule has 2 saturated carbocycles. The standard InChI is InChI=1S/C22H23FN8O3/c1-24-22(33)19-15(9-17(28-29-19)27-21(32)11-3-4-11)26-14-8-7-13(23)18(20(14)34-2)16-10-25-31(30-16)12-5-6-12/h7-12H,3-6H2,1-2H3,(H,24,33)(H2,26,27,28,32)/i1D3. The second-order valence-electron chi connectivity index (χ2n) is 8.12. The molecule has 0 radical (unpaired) electrons. The molecular formula is C22H23FN8O3. The molecule has 0 unspecified atom stereocenters. The summed E-state index contributed by atoms with van der Waals surface area (Å²) in [7, 11) is 1.35. The Morgan fingerprint density at radius 2 is 2.03 bits per heavy atom. The topological polar surface area (TPSA) is 136 Å². The summed E-state index contributed by atoms with van der Waals surface area (Å²) in [6.45, 7) is -2.77. The molecule has 2 fully saturated rings. The summed E-state index contributed by atoms with van der Waals surface area (Å²) >= 11 is 0. The lowest BCUT2D eigenvalue weighted by Gasteiger charge is -2.16. The number of aromatic nitrogens is 5. The Labute approximate surface area is 198 Å². The molecule has 2 heterocycles. The number of methoxy groups -OCH3 is 1. The van der Waals surface area contributed by atoms with Gasteiger partial charge in [0.25, 0.3) is 5.91 Å². The van der Waals surface area contributed by atoms with E-state index in [-0.39, 0.29) is 57.8 Å². The molecule has 2 aliphatic rings. The van der Waals surface area contributed by atoms with Gasteiger partial charge in [0.05, 0.1) is 36.3 Å². The molecule has 11 nitrogen and oxygen atoms in total. The fraction of sp³-hybridized carbons (Fsp3) is 0.364. The molecule has 12 heteroatoms. The number of benzene rings is 1. The number of anilines is 3. The first-order chi connectivity index (χ1) is 17.6. The number of halogens is 1. The van der Waals surface area contributed by atoms with Gasteiger partial charge in [0, 0.05) is 23.1 Å². The second-order valence-corrected chi connectivity index (χ2v) is 8.12. The van der Waals surface area contributed by atoms with E-state index in [0.29, 0.717) is 0 Å². The smallest absolute Gasteiger partial charge is 0.273 e. The van der Waals surface area contributed by atoms with E-state index in [2.05, 4.69) is 31.0 Å². The molecule has 2 aliphatic carbocycles. The minimum Gasteiger partial charge on any atom is -0.494 e. The summed E-state index contributed by atoms with van der Waals surface area (Å²) in [5.74, 6) is -1.84. The highest BCUT2D eigenvalue weighted by Gasteiger charge is 2.30. The van der Waals surface area contributed by atoms with Crippen molar-refractivity contribution in [1.82, 2.24) is 30.5 Å². The SMILES string of the molecule is [2H]C([2H])([2H])NC(=O)c1nnc(NC(=O)C2CC2)cc1Nc1ccc(F)c(-c2cnn(C3CC3)n2)c1OC. The molecule has 5 rings (SSSR count). The highest BCUT2D eigenvalue weighted by Crippen LogP contribution is 2.41. The first-order valence-electron chi connectivity index (χ1n) is 12.2. The number of amides is 2. The van der Waals surface area contributed by atoms with E-state index in [1.807, 2.05) is 5.32 Å². The van der Waals surface area contributed by atoms with Gasteiger partial charge in [-0.3, -0.25) is 9.59 Å². The van der Waals surface area contributed by atoms with Gasteiger partial charge in [-0.1, -0.05) is 0 Å². The third kappa shape index (κ3) is 4.26. The van der Waals surface area contributed by atoms with E-state index in [9.17, 15) is 14.0 Å². The van der Waals surface area contributed by atoms with E-state index in [4.69, 9.17) is 8.85 Å². The van der Waals surface area contributed by atoms with Gasteiger partial charge in [0.2, 0.25) is 5.91 Å². The van der Waals surface area contributed by atoms with Gasteiger partial charge in [0.1, 0.15) is 11.5 Å². The quantitative estimate of drug-likeness (QED) is 0.458. The fourth-order valence-electron chi connectivity index (χ4n) is 3.47. The number of carbonyl (C=O) groups excluding carboxylic acids is 2. The number of nitrogens with one attached hydrogen (secondary N) is 3. The highest BCUT2D eigenvalue weighted by molar-refractivity contribution is 6.00. The lowest BCUT2D eigenvalue weighted by Crippen LogP contribution is -2.22. The van der Waals surface area contributed by atoms with E-state index in [1.165, 1.54) is 36.3 Å². The lowest BCUT2D eigenvalue weighted by atomic mass is 10.1. The average molecular weight is 469 g/mol. The van der Waals surface area contributed by atoms with Crippen molar-refractivity contribution in [3.63, 3.8) is 0 Å². The predicted octanol–water partition coefficient (Wildman–Crippen LogP) is 2.67. The van der Waals surface area contributed by atoms with Crippen LogP contribution in [0.3, 0.4) is 0 Å². The molecule has 3 aromatic rings. The van der Waals surface area contributed by atoms with Crippen LogP contribution in [-0.2, 0) is 4.79 Å². The van der Waals surface area contributed by atoms with Crippen molar-refractivity contribution in [3.8, 4) is 17.0 Å². The molecule has 2 aromatic heterocycles.